The molecule has 94 valence electrons. The van der Waals surface area contributed by atoms with Crippen LogP contribution in [0.3, 0.4) is 0 Å². The Labute approximate surface area is 103 Å². The monoisotopic (exact) mass is 236 g/mol. The van der Waals surface area contributed by atoms with Crippen LogP contribution >= 0.6 is 0 Å². The summed E-state index contributed by atoms with van der Waals surface area (Å²) in [6, 6.07) is 4.99. The minimum Gasteiger partial charge on any atom is -0.389 e. The van der Waals surface area contributed by atoms with Gasteiger partial charge in [0, 0.05) is 5.92 Å². The smallest absolute Gasteiger partial charge is 0.123 e. The lowest BCUT2D eigenvalue weighted by atomic mass is 9.66. The number of hydrogen-bond acceptors (Lipinski definition) is 1. The minimum absolute atomic E-state index is 0.122. The molecule has 2 atom stereocenters. The Morgan fingerprint density at radius 3 is 2.76 bits per heavy atom. The summed E-state index contributed by atoms with van der Waals surface area (Å²) < 4.78 is 13.2. The van der Waals surface area contributed by atoms with E-state index in [4.69, 9.17) is 0 Å². The topological polar surface area (TPSA) is 20.2 Å². The van der Waals surface area contributed by atoms with Gasteiger partial charge in [-0.05, 0) is 48.4 Å². The Morgan fingerprint density at radius 2 is 2.18 bits per heavy atom. The third-order valence-corrected chi connectivity index (χ3v) is 4.13. The number of aryl methyl sites for hydroxylation is 1. The Morgan fingerprint density at radius 1 is 1.47 bits per heavy atom. The number of halogens is 1. The fourth-order valence-corrected chi connectivity index (χ4v) is 3.27. The van der Waals surface area contributed by atoms with Crippen molar-refractivity contribution in [1.29, 1.82) is 0 Å². The summed E-state index contributed by atoms with van der Waals surface area (Å²) in [5.74, 6) is 0.314. The zero-order valence-electron chi connectivity index (χ0n) is 10.8. The molecule has 0 unspecified atom stereocenters. The molecule has 2 rings (SSSR count). The largest absolute Gasteiger partial charge is 0.389 e. The molecule has 0 saturated heterocycles. The van der Waals surface area contributed by atoms with Crippen molar-refractivity contribution in [2.45, 2.75) is 51.6 Å². The first-order valence-corrected chi connectivity index (χ1v) is 6.48. The van der Waals surface area contributed by atoms with E-state index in [2.05, 4.69) is 13.8 Å². The molecule has 0 fully saturated rings. The highest BCUT2D eigenvalue weighted by molar-refractivity contribution is 5.36. The highest BCUT2D eigenvalue weighted by Gasteiger charge is 2.41. The van der Waals surface area contributed by atoms with Crippen LogP contribution in [0.1, 0.15) is 50.7 Å². The minimum atomic E-state index is -0.626. The maximum Gasteiger partial charge on any atom is 0.123 e. The fourth-order valence-electron chi connectivity index (χ4n) is 3.27. The van der Waals surface area contributed by atoms with Gasteiger partial charge in [-0.1, -0.05) is 26.8 Å². The maximum atomic E-state index is 13.2. The van der Waals surface area contributed by atoms with Gasteiger partial charge in [0.05, 0.1) is 5.60 Å². The van der Waals surface area contributed by atoms with Crippen molar-refractivity contribution in [3.63, 3.8) is 0 Å². The molecule has 0 bridgehead atoms. The predicted molar refractivity (Wildman–Crippen MR) is 67.5 cm³/mol. The molecule has 1 aromatic rings. The molecule has 1 aliphatic rings. The lowest BCUT2D eigenvalue weighted by Crippen LogP contribution is -2.42. The molecule has 1 aliphatic carbocycles. The predicted octanol–water partition coefficient (Wildman–Crippen LogP) is 3.65. The summed E-state index contributed by atoms with van der Waals surface area (Å²) >= 11 is 0. The van der Waals surface area contributed by atoms with Crippen LogP contribution in [0.15, 0.2) is 18.2 Å². The van der Waals surface area contributed by atoms with Gasteiger partial charge in [-0.2, -0.15) is 0 Å². The molecule has 17 heavy (non-hydrogen) atoms. The van der Waals surface area contributed by atoms with Gasteiger partial charge in [0.25, 0.3) is 0 Å². The highest BCUT2D eigenvalue weighted by atomic mass is 19.1. The summed E-state index contributed by atoms with van der Waals surface area (Å²) in [4.78, 5) is 0. The Hall–Kier alpha value is -0.890. The van der Waals surface area contributed by atoms with Crippen LogP contribution in [0.2, 0.25) is 0 Å². The van der Waals surface area contributed by atoms with Crippen LogP contribution in [-0.2, 0) is 6.42 Å². The third-order valence-electron chi connectivity index (χ3n) is 4.13. The number of fused-ring (bicyclic) bond motifs is 1. The summed E-state index contributed by atoms with van der Waals surface area (Å²) in [7, 11) is 0. The van der Waals surface area contributed by atoms with Gasteiger partial charge in [0.2, 0.25) is 0 Å². The SMILES string of the molecule is CC[C@]1(O)CCc2cc(F)ccc2[C@@H]1C(C)C. The van der Waals surface area contributed by atoms with Gasteiger partial charge >= 0.3 is 0 Å². The molecule has 1 aromatic carbocycles. The molecule has 0 radical (unpaired) electrons. The van der Waals surface area contributed by atoms with E-state index in [0.717, 1.165) is 30.4 Å². The van der Waals surface area contributed by atoms with E-state index in [-0.39, 0.29) is 11.7 Å². The normalized spacial score (nSPS) is 28.2. The van der Waals surface area contributed by atoms with Crippen LogP contribution in [0, 0.1) is 11.7 Å². The maximum absolute atomic E-state index is 13.2. The van der Waals surface area contributed by atoms with Gasteiger partial charge in [0.1, 0.15) is 5.82 Å². The van der Waals surface area contributed by atoms with Gasteiger partial charge in [-0.3, -0.25) is 0 Å². The summed E-state index contributed by atoms with van der Waals surface area (Å²) in [5, 5.41) is 10.7. The molecule has 0 heterocycles. The first-order chi connectivity index (χ1) is 7.98. The van der Waals surface area contributed by atoms with E-state index < -0.39 is 5.60 Å². The van der Waals surface area contributed by atoms with Crippen molar-refractivity contribution in [2.24, 2.45) is 5.92 Å². The molecule has 1 N–H and O–H groups in total. The first kappa shape index (κ1) is 12.6. The lowest BCUT2D eigenvalue weighted by Gasteiger charge is -2.43. The van der Waals surface area contributed by atoms with Crippen LogP contribution in [0.25, 0.3) is 0 Å². The average molecular weight is 236 g/mol. The van der Waals surface area contributed by atoms with Crippen molar-refractivity contribution >= 4 is 0 Å². The van der Waals surface area contributed by atoms with Gasteiger partial charge in [-0.15, -0.1) is 0 Å². The quantitative estimate of drug-likeness (QED) is 0.831. The Balaban J connectivity index is 2.50. The van der Waals surface area contributed by atoms with E-state index in [9.17, 15) is 9.50 Å². The summed E-state index contributed by atoms with van der Waals surface area (Å²) in [6.07, 6.45) is 2.27. The van der Waals surface area contributed by atoms with Crippen molar-refractivity contribution in [1.82, 2.24) is 0 Å². The molecular weight excluding hydrogens is 215 g/mol. The standard InChI is InChI=1S/C15H21FO/c1-4-15(17)8-7-11-9-12(16)5-6-13(11)14(15)10(2)3/h5-6,9-10,14,17H,4,7-8H2,1-3H3/t14-,15-/m0/s1. The molecular formula is C15H21FO. The van der Waals surface area contributed by atoms with Crippen molar-refractivity contribution < 1.29 is 9.50 Å². The number of hydrogen-bond donors (Lipinski definition) is 1. The molecule has 0 aromatic heterocycles. The van der Waals surface area contributed by atoms with E-state index in [0.29, 0.717) is 5.92 Å². The van der Waals surface area contributed by atoms with E-state index >= 15 is 0 Å². The molecule has 1 nitrogen and oxygen atoms in total. The van der Waals surface area contributed by atoms with Gasteiger partial charge in [0.15, 0.2) is 0 Å². The first-order valence-electron chi connectivity index (χ1n) is 6.48. The summed E-state index contributed by atoms with van der Waals surface area (Å²) in [5.41, 5.74) is 1.58. The Kier molecular flexibility index (Phi) is 3.26. The highest BCUT2D eigenvalue weighted by Crippen LogP contribution is 2.45. The average Bonchev–Trinajstić information content (AvgIpc) is 2.29. The van der Waals surface area contributed by atoms with E-state index in [1.807, 2.05) is 13.0 Å². The van der Waals surface area contributed by atoms with E-state index in [1.54, 1.807) is 6.07 Å². The zero-order chi connectivity index (χ0) is 12.6. The van der Waals surface area contributed by atoms with Crippen molar-refractivity contribution in [2.75, 3.05) is 0 Å². The van der Waals surface area contributed by atoms with Crippen LogP contribution in [0.5, 0.6) is 0 Å². The third kappa shape index (κ3) is 2.11. The second kappa shape index (κ2) is 4.41. The second-order valence-corrected chi connectivity index (χ2v) is 5.52. The van der Waals surface area contributed by atoms with Crippen LogP contribution in [0.4, 0.5) is 4.39 Å². The molecule has 0 spiro atoms. The van der Waals surface area contributed by atoms with Crippen LogP contribution in [-0.4, -0.2) is 10.7 Å². The second-order valence-electron chi connectivity index (χ2n) is 5.52. The van der Waals surface area contributed by atoms with Gasteiger partial charge < -0.3 is 5.11 Å². The lowest BCUT2D eigenvalue weighted by molar-refractivity contribution is -0.0205. The van der Waals surface area contributed by atoms with Gasteiger partial charge in [-0.25, -0.2) is 4.39 Å². The zero-order valence-corrected chi connectivity index (χ0v) is 10.8. The molecule has 0 aliphatic heterocycles. The fraction of sp³-hybridized carbons (Fsp3) is 0.600. The Bertz CT molecular complexity index is 413. The van der Waals surface area contributed by atoms with Crippen molar-refractivity contribution in [3.8, 4) is 0 Å². The number of rotatable bonds is 2. The molecule has 0 amide bonds. The number of benzene rings is 1. The summed E-state index contributed by atoms with van der Waals surface area (Å²) in [6.45, 7) is 6.29. The molecule has 0 saturated carbocycles. The molecule has 2 heteroatoms. The number of aliphatic hydroxyl groups is 1. The van der Waals surface area contributed by atoms with E-state index in [1.165, 1.54) is 6.07 Å². The van der Waals surface area contributed by atoms with Crippen molar-refractivity contribution in [3.05, 3.63) is 35.1 Å². The van der Waals surface area contributed by atoms with Crippen LogP contribution < -0.4 is 0 Å².